The van der Waals surface area contributed by atoms with Crippen molar-refractivity contribution < 1.29 is 4.79 Å². The number of nitrogens with zero attached hydrogens (tertiary/aromatic N) is 3. The van der Waals surface area contributed by atoms with Gasteiger partial charge in [0.25, 0.3) is 0 Å². The zero-order chi connectivity index (χ0) is 17.4. The summed E-state index contributed by atoms with van der Waals surface area (Å²) in [4.78, 5) is 16.4. The molecule has 0 unspecified atom stereocenters. The highest BCUT2D eigenvalue weighted by molar-refractivity contribution is 6.31. The van der Waals surface area contributed by atoms with E-state index in [1.165, 1.54) is 0 Å². The van der Waals surface area contributed by atoms with Gasteiger partial charge in [0.1, 0.15) is 0 Å². The second-order valence-corrected chi connectivity index (χ2v) is 6.71. The van der Waals surface area contributed by atoms with Crippen LogP contribution in [-0.4, -0.2) is 37.5 Å². The van der Waals surface area contributed by atoms with E-state index in [1.807, 2.05) is 31.0 Å². The first-order valence-corrected chi connectivity index (χ1v) is 8.35. The molecule has 4 nitrogen and oxygen atoms in total. The SMILES string of the molecule is Cc1cc(N(CCC#N)C(=O)CN(C)CCC(C)C)ccc1Cl. The fourth-order valence-electron chi connectivity index (χ4n) is 2.23. The molecule has 1 aromatic rings. The minimum atomic E-state index is 0.00762. The molecule has 126 valence electrons. The van der Waals surface area contributed by atoms with E-state index in [0.29, 0.717) is 30.5 Å². The molecule has 0 saturated carbocycles. The molecule has 0 aromatic heterocycles. The van der Waals surface area contributed by atoms with Crippen molar-refractivity contribution in [3.8, 4) is 6.07 Å². The van der Waals surface area contributed by atoms with E-state index >= 15 is 0 Å². The second-order valence-electron chi connectivity index (χ2n) is 6.31. The van der Waals surface area contributed by atoms with Gasteiger partial charge in [0.05, 0.1) is 19.0 Å². The van der Waals surface area contributed by atoms with Crippen molar-refractivity contribution in [1.29, 1.82) is 5.26 Å². The van der Waals surface area contributed by atoms with Crippen LogP contribution in [0, 0.1) is 24.2 Å². The highest BCUT2D eigenvalue weighted by atomic mass is 35.5. The predicted molar refractivity (Wildman–Crippen MR) is 95.7 cm³/mol. The normalized spacial score (nSPS) is 10.9. The molecular formula is C18H26ClN3O. The van der Waals surface area contributed by atoms with Crippen molar-refractivity contribution >= 4 is 23.2 Å². The topological polar surface area (TPSA) is 47.3 Å². The van der Waals surface area contributed by atoms with Crippen molar-refractivity contribution in [1.82, 2.24) is 4.90 Å². The maximum Gasteiger partial charge on any atom is 0.241 e. The lowest BCUT2D eigenvalue weighted by molar-refractivity contribution is -0.119. The Morgan fingerprint density at radius 2 is 2.04 bits per heavy atom. The Morgan fingerprint density at radius 1 is 1.35 bits per heavy atom. The minimum absolute atomic E-state index is 0.00762. The van der Waals surface area contributed by atoms with Crippen LogP contribution >= 0.6 is 11.6 Å². The lowest BCUT2D eigenvalue weighted by Gasteiger charge is -2.25. The second kappa shape index (κ2) is 9.54. The van der Waals surface area contributed by atoms with Crippen LogP contribution in [0.25, 0.3) is 0 Å². The van der Waals surface area contributed by atoms with Crippen molar-refractivity contribution in [2.75, 3.05) is 31.6 Å². The number of anilines is 1. The molecule has 0 fully saturated rings. The third-order valence-electron chi connectivity index (χ3n) is 3.69. The molecule has 0 N–H and O–H groups in total. The highest BCUT2D eigenvalue weighted by Crippen LogP contribution is 2.23. The zero-order valence-corrected chi connectivity index (χ0v) is 15.2. The largest absolute Gasteiger partial charge is 0.310 e. The van der Waals surface area contributed by atoms with Gasteiger partial charge in [0, 0.05) is 17.3 Å². The fraction of sp³-hybridized carbons (Fsp3) is 0.556. The van der Waals surface area contributed by atoms with Gasteiger partial charge in [0.2, 0.25) is 5.91 Å². The van der Waals surface area contributed by atoms with Crippen LogP contribution in [0.1, 0.15) is 32.3 Å². The van der Waals surface area contributed by atoms with E-state index in [2.05, 4.69) is 19.9 Å². The van der Waals surface area contributed by atoms with Gasteiger partial charge >= 0.3 is 0 Å². The van der Waals surface area contributed by atoms with Gasteiger partial charge in [-0.05, 0) is 56.6 Å². The Kier molecular flexibility index (Phi) is 8.08. The number of nitriles is 1. The van der Waals surface area contributed by atoms with Crippen LogP contribution in [0.5, 0.6) is 0 Å². The fourth-order valence-corrected chi connectivity index (χ4v) is 2.35. The lowest BCUT2D eigenvalue weighted by atomic mass is 10.1. The third-order valence-corrected chi connectivity index (χ3v) is 4.12. The van der Waals surface area contributed by atoms with E-state index in [4.69, 9.17) is 16.9 Å². The number of halogens is 1. The van der Waals surface area contributed by atoms with Crippen molar-refractivity contribution in [3.63, 3.8) is 0 Å². The summed E-state index contributed by atoms with van der Waals surface area (Å²) in [6.07, 6.45) is 1.37. The van der Waals surface area contributed by atoms with Gasteiger partial charge in [-0.1, -0.05) is 25.4 Å². The third kappa shape index (κ3) is 6.60. The number of carbonyl (C=O) groups excluding carboxylic acids is 1. The summed E-state index contributed by atoms with van der Waals surface area (Å²) < 4.78 is 0. The van der Waals surface area contributed by atoms with Crippen molar-refractivity contribution in [2.24, 2.45) is 5.92 Å². The summed E-state index contributed by atoms with van der Waals surface area (Å²) in [5, 5.41) is 9.53. The Balaban J connectivity index is 2.82. The number of likely N-dealkylation sites (N-methyl/N-ethyl adjacent to an activating group) is 1. The van der Waals surface area contributed by atoms with Crippen LogP contribution in [0.4, 0.5) is 5.69 Å². The number of carbonyl (C=O) groups is 1. The number of amides is 1. The molecule has 5 heteroatoms. The van der Waals surface area contributed by atoms with Crippen molar-refractivity contribution in [3.05, 3.63) is 28.8 Å². The standard InChI is InChI=1S/C18H26ClN3O/c1-14(2)8-11-21(4)13-18(23)22(10-5-9-20)16-6-7-17(19)15(3)12-16/h6-7,12,14H,5,8,10-11,13H2,1-4H3. The van der Waals surface area contributed by atoms with E-state index in [0.717, 1.165) is 24.2 Å². The van der Waals surface area contributed by atoms with Gasteiger partial charge in [-0.2, -0.15) is 5.26 Å². The molecule has 0 spiro atoms. The first kappa shape index (κ1) is 19.5. The monoisotopic (exact) mass is 335 g/mol. The minimum Gasteiger partial charge on any atom is -0.310 e. The van der Waals surface area contributed by atoms with Crippen molar-refractivity contribution in [2.45, 2.75) is 33.6 Å². The maximum absolute atomic E-state index is 12.6. The molecule has 0 bridgehead atoms. The number of hydrogen-bond donors (Lipinski definition) is 0. The Morgan fingerprint density at radius 3 is 2.61 bits per heavy atom. The molecule has 0 saturated heterocycles. The van der Waals surface area contributed by atoms with Gasteiger partial charge in [-0.3, -0.25) is 9.69 Å². The van der Waals surface area contributed by atoms with Gasteiger partial charge in [-0.25, -0.2) is 0 Å². The lowest BCUT2D eigenvalue weighted by Crippen LogP contribution is -2.40. The van der Waals surface area contributed by atoms with E-state index in [1.54, 1.807) is 11.0 Å². The van der Waals surface area contributed by atoms with E-state index in [-0.39, 0.29) is 5.91 Å². The Bertz CT molecular complexity index is 566. The average molecular weight is 336 g/mol. The molecule has 0 radical (unpaired) electrons. The molecule has 0 heterocycles. The average Bonchev–Trinajstić information content (AvgIpc) is 2.49. The smallest absolute Gasteiger partial charge is 0.241 e. The highest BCUT2D eigenvalue weighted by Gasteiger charge is 2.18. The molecule has 0 aliphatic carbocycles. The van der Waals surface area contributed by atoms with E-state index in [9.17, 15) is 4.79 Å². The Labute approximate surface area is 144 Å². The van der Waals surface area contributed by atoms with E-state index < -0.39 is 0 Å². The van der Waals surface area contributed by atoms with Crippen LogP contribution in [-0.2, 0) is 4.79 Å². The maximum atomic E-state index is 12.6. The van der Waals surface area contributed by atoms with Gasteiger partial charge in [0.15, 0.2) is 0 Å². The number of hydrogen-bond acceptors (Lipinski definition) is 3. The molecule has 23 heavy (non-hydrogen) atoms. The summed E-state index contributed by atoms with van der Waals surface area (Å²) in [7, 11) is 1.95. The van der Waals surface area contributed by atoms with Gasteiger partial charge in [-0.15, -0.1) is 0 Å². The molecule has 1 rings (SSSR count). The van der Waals surface area contributed by atoms with Crippen LogP contribution < -0.4 is 4.90 Å². The molecular weight excluding hydrogens is 310 g/mol. The van der Waals surface area contributed by atoms with Crippen LogP contribution in [0.15, 0.2) is 18.2 Å². The number of rotatable bonds is 8. The summed E-state index contributed by atoms with van der Waals surface area (Å²) in [5.74, 6) is 0.620. The van der Waals surface area contributed by atoms with Gasteiger partial charge < -0.3 is 4.90 Å². The van der Waals surface area contributed by atoms with Crippen LogP contribution in [0.2, 0.25) is 5.02 Å². The zero-order valence-electron chi connectivity index (χ0n) is 14.5. The Hall–Kier alpha value is -1.57. The predicted octanol–water partition coefficient (Wildman–Crippen LogP) is 3.87. The summed E-state index contributed by atoms with van der Waals surface area (Å²) in [5.41, 5.74) is 1.72. The molecule has 0 aliphatic rings. The first-order chi connectivity index (χ1) is 10.8. The van der Waals surface area contributed by atoms with Crippen LogP contribution in [0.3, 0.4) is 0 Å². The quantitative estimate of drug-likeness (QED) is 0.724. The first-order valence-electron chi connectivity index (χ1n) is 7.97. The molecule has 0 atom stereocenters. The molecule has 0 aliphatic heterocycles. The summed E-state index contributed by atoms with van der Waals surface area (Å²) >= 11 is 6.06. The number of benzene rings is 1. The molecule has 1 aromatic carbocycles. The number of aryl methyl sites for hydroxylation is 1. The molecule has 1 amide bonds. The summed E-state index contributed by atoms with van der Waals surface area (Å²) in [6.45, 7) is 7.88. The summed E-state index contributed by atoms with van der Waals surface area (Å²) in [6, 6.07) is 7.63.